The van der Waals surface area contributed by atoms with Crippen LogP contribution in [0.1, 0.15) is 16.7 Å². The molecule has 4 rings (SSSR count). The number of aldehydes is 1. The third kappa shape index (κ3) is 3.42. The highest BCUT2D eigenvalue weighted by Crippen LogP contribution is 2.43. The van der Waals surface area contributed by atoms with Crippen LogP contribution in [0.4, 0.5) is 0 Å². The van der Waals surface area contributed by atoms with E-state index < -0.39 is 11.6 Å². The quantitative estimate of drug-likeness (QED) is 0.374. The van der Waals surface area contributed by atoms with Crippen molar-refractivity contribution in [2.24, 2.45) is 0 Å². The van der Waals surface area contributed by atoms with Crippen molar-refractivity contribution < 1.29 is 9.53 Å². The van der Waals surface area contributed by atoms with Gasteiger partial charge in [-0.15, -0.1) is 9.24 Å². The van der Waals surface area contributed by atoms with Crippen LogP contribution in [-0.4, -0.2) is 36.2 Å². The predicted octanol–water partition coefficient (Wildman–Crippen LogP) is 4.08. The van der Waals surface area contributed by atoms with Crippen LogP contribution in [0, 0.1) is 0 Å². The molecule has 0 saturated carbocycles. The van der Waals surface area contributed by atoms with Crippen LogP contribution in [-0.2, 0) is 15.1 Å². The van der Waals surface area contributed by atoms with E-state index in [9.17, 15) is 4.79 Å². The lowest BCUT2D eigenvalue weighted by Gasteiger charge is -2.49. The lowest BCUT2D eigenvalue weighted by atomic mass is 9.75. The number of carbonyl (C=O) groups is 1. The Labute approximate surface area is 168 Å². The number of rotatable bonds is 5. The maximum absolute atomic E-state index is 11.6. The predicted molar refractivity (Wildman–Crippen MR) is 115 cm³/mol. The van der Waals surface area contributed by atoms with E-state index in [0.29, 0.717) is 13.1 Å². The van der Waals surface area contributed by atoms with Gasteiger partial charge in [-0.25, -0.2) is 0 Å². The van der Waals surface area contributed by atoms with Gasteiger partial charge in [-0.05, 0) is 16.7 Å². The third-order valence-corrected chi connectivity index (χ3v) is 5.72. The molecule has 0 spiro atoms. The molecule has 0 aliphatic carbocycles. The zero-order valence-electron chi connectivity index (χ0n) is 15.6. The van der Waals surface area contributed by atoms with Gasteiger partial charge in [-0.3, -0.25) is 4.90 Å². The SMILES string of the molecule is O=CC1CN(C(c2ccccc2)(c2ccccc2)c2ccccc2)CC(P)O1. The zero-order valence-corrected chi connectivity index (χ0v) is 16.8. The van der Waals surface area contributed by atoms with E-state index in [4.69, 9.17) is 4.74 Å². The van der Waals surface area contributed by atoms with Crippen LogP contribution in [0.3, 0.4) is 0 Å². The monoisotopic (exact) mass is 389 g/mol. The molecular weight excluding hydrogens is 365 g/mol. The van der Waals surface area contributed by atoms with Crippen molar-refractivity contribution in [2.45, 2.75) is 17.5 Å². The minimum Gasteiger partial charge on any atom is -0.361 e. The first-order valence-electron chi connectivity index (χ1n) is 9.53. The summed E-state index contributed by atoms with van der Waals surface area (Å²) in [6.07, 6.45) is 0.460. The van der Waals surface area contributed by atoms with Gasteiger partial charge in [0.1, 0.15) is 12.4 Å². The molecule has 3 aromatic carbocycles. The van der Waals surface area contributed by atoms with Crippen LogP contribution in [0.15, 0.2) is 91.0 Å². The summed E-state index contributed by atoms with van der Waals surface area (Å²) in [6.45, 7) is 1.24. The van der Waals surface area contributed by atoms with Gasteiger partial charge >= 0.3 is 0 Å². The molecule has 0 N–H and O–H groups in total. The summed E-state index contributed by atoms with van der Waals surface area (Å²) in [6, 6.07) is 31.6. The van der Waals surface area contributed by atoms with Crippen molar-refractivity contribution >= 4 is 15.5 Å². The van der Waals surface area contributed by atoms with Crippen LogP contribution in [0.25, 0.3) is 0 Å². The Morgan fingerprint density at radius 1 is 0.786 bits per heavy atom. The van der Waals surface area contributed by atoms with Crippen molar-refractivity contribution in [1.29, 1.82) is 0 Å². The number of carbonyl (C=O) groups excluding carboxylic acids is 1. The molecule has 1 fully saturated rings. The molecule has 1 heterocycles. The molecule has 28 heavy (non-hydrogen) atoms. The molecule has 142 valence electrons. The first-order chi connectivity index (χ1) is 13.7. The average molecular weight is 389 g/mol. The van der Waals surface area contributed by atoms with Gasteiger partial charge in [-0.2, -0.15) is 0 Å². The lowest BCUT2D eigenvalue weighted by Crippen LogP contribution is -2.57. The largest absolute Gasteiger partial charge is 0.361 e. The number of ether oxygens (including phenoxy) is 1. The molecule has 0 radical (unpaired) electrons. The van der Waals surface area contributed by atoms with Crippen molar-refractivity contribution in [3.8, 4) is 0 Å². The Morgan fingerprint density at radius 3 is 1.61 bits per heavy atom. The fraction of sp³-hybridized carbons (Fsp3) is 0.208. The number of hydrogen-bond donors (Lipinski definition) is 0. The Balaban J connectivity index is 2.00. The van der Waals surface area contributed by atoms with Crippen LogP contribution >= 0.6 is 9.24 Å². The van der Waals surface area contributed by atoms with Crippen molar-refractivity contribution in [2.75, 3.05) is 13.1 Å². The molecule has 0 aromatic heterocycles. The topological polar surface area (TPSA) is 29.5 Å². The summed E-state index contributed by atoms with van der Waals surface area (Å²) in [5.41, 5.74) is 3.02. The fourth-order valence-electron chi connectivity index (χ4n) is 4.25. The van der Waals surface area contributed by atoms with Gasteiger partial charge in [0.2, 0.25) is 0 Å². The number of benzene rings is 3. The molecule has 1 aliphatic rings. The lowest BCUT2D eigenvalue weighted by molar-refractivity contribution is -0.128. The van der Waals surface area contributed by atoms with Gasteiger partial charge in [0.15, 0.2) is 0 Å². The Morgan fingerprint density at radius 2 is 1.21 bits per heavy atom. The van der Waals surface area contributed by atoms with Gasteiger partial charge < -0.3 is 9.53 Å². The maximum Gasteiger partial charge on any atom is 0.150 e. The summed E-state index contributed by atoms with van der Waals surface area (Å²) in [5, 5.41) is 0. The molecule has 1 saturated heterocycles. The van der Waals surface area contributed by atoms with E-state index in [2.05, 4.69) is 86.9 Å². The Bertz CT molecular complexity index is 805. The number of morpholine rings is 1. The van der Waals surface area contributed by atoms with E-state index in [1.165, 1.54) is 16.7 Å². The summed E-state index contributed by atoms with van der Waals surface area (Å²) in [7, 11) is 2.73. The van der Waals surface area contributed by atoms with Gasteiger partial charge in [0.25, 0.3) is 0 Å². The zero-order chi connectivity index (χ0) is 19.4. The summed E-state index contributed by atoms with van der Waals surface area (Å²) in [5.74, 6) is -0.112. The van der Waals surface area contributed by atoms with Crippen LogP contribution < -0.4 is 0 Å². The number of hydrogen-bond acceptors (Lipinski definition) is 3. The fourth-order valence-corrected chi connectivity index (χ4v) is 4.71. The Hall–Kier alpha value is -2.32. The summed E-state index contributed by atoms with van der Waals surface area (Å²) in [4.78, 5) is 14.0. The normalized spacial score (nSPS) is 20.6. The molecule has 0 bridgehead atoms. The van der Waals surface area contributed by atoms with E-state index in [1.54, 1.807) is 0 Å². The maximum atomic E-state index is 11.6. The highest BCUT2D eigenvalue weighted by molar-refractivity contribution is 7.17. The second-order valence-electron chi connectivity index (χ2n) is 7.06. The summed E-state index contributed by atoms with van der Waals surface area (Å²) < 4.78 is 5.82. The molecule has 3 unspecified atom stereocenters. The van der Waals surface area contributed by atoms with E-state index >= 15 is 0 Å². The average Bonchev–Trinajstić information content (AvgIpc) is 2.76. The third-order valence-electron chi connectivity index (χ3n) is 5.35. The standard InChI is InChI=1S/C24H24NO2P/c26-18-22-16-25(17-23(28)27-22)24(19-10-4-1-5-11-19,20-12-6-2-7-13-20)21-14-8-3-9-15-21/h1-15,18,22-23H,16-17,28H2. The van der Waals surface area contributed by atoms with E-state index in [1.807, 2.05) is 18.2 Å². The molecule has 3 nitrogen and oxygen atoms in total. The summed E-state index contributed by atoms with van der Waals surface area (Å²) >= 11 is 0. The molecule has 0 amide bonds. The second-order valence-corrected chi connectivity index (χ2v) is 7.81. The van der Waals surface area contributed by atoms with Crippen molar-refractivity contribution in [3.63, 3.8) is 0 Å². The van der Waals surface area contributed by atoms with Crippen molar-refractivity contribution in [1.82, 2.24) is 4.90 Å². The van der Waals surface area contributed by atoms with Gasteiger partial charge in [0, 0.05) is 13.1 Å². The van der Waals surface area contributed by atoms with E-state index in [0.717, 1.165) is 6.29 Å². The molecule has 1 aliphatic heterocycles. The van der Waals surface area contributed by atoms with E-state index in [-0.39, 0.29) is 5.85 Å². The smallest absolute Gasteiger partial charge is 0.150 e. The Kier molecular flexibility index (Phi) is 5.68. The van der Waals surface area contributed by atoms with Crippen LogP contribution in [0.5, 0.6) is 0 Å². The molecule has 3 aromatic rings. The minimum atomic E-state index is -0.510. The highest BCUT2D eigenvalue weighted by Gasteiger charge is 2.45. The van der Waals surface area contributed by atoms with Crippen LogP contribution in [0.2, 0.25) is 0 Å². The molecule has 4 heteroatoms. The first-order valence-corrected chi connectivity index (χ1v) is 10.2. The van der Waals surface area contributed by atoms with Gasteiger partial charge in [0.05, 0.1) is 11.4 Å². The highest BCUT2D eigenvalue weighted by atomic mass is 31.0. The second kappa shape index (κ2) is 8.36. The van der Waals surface area contributed by atoms with Gasteiger partial charge in [-0.1, -0.05) is 91.0 Å². The van der Waals surface area contributed by atoms with Crippen molar-refractivity contribution in [3.05, 3.63) is 108 Å². The molecule has 3 atom stereocenters. The number of nitrogens with zero attached hydrogens (tertiary/aromatic N) is 1. The minimum absolute atomic E-state index is 0.112. The molecular formula is C24H24NO2P. The first kappa shape index (κ1) is 19.0.